The Morgan fingerprint density at radius 1 is 0.941 bits per heavy atom. The number of carbonyl (C=O) groups is 1. The first-order valence-electron chi connectivity index (χ1n) is 5.80. The molecule has 0 fully saturated rings. The number of carbonyl (C=O) groups excluding carboxylic acids is 1. The van der Waals surface area contributed by atoms with E-state index in [1.165, 1.54) is 0 Å². The van der Waals surface area contributed by atoms with Gasteiger partial charge in [0.05, 0.1) is 18.3 Å². The average molecular weight is 266 g/mol. The van der Waals surface area contributed by atoms with Gasteiger partial charge in [-0.15, -0.1) is 0 Å². The van der Waals surface area contributed by atoms with Crippen LogP contribution in [-0.4, -0.2) is 30.4 Å². The standard InChI is InChI=1S/C11H23O5P/c1-8(2)14-11(12)7-17(13,15-9(3)4)16-10(5)6/h8-10H,7H2,1-6H3. The maximum absolute atomic E-state index is 12.3. The molecule has 0 spiro atoms. The fourth-order valence-electron chi connectivity index (χ4n) is 1.20. The second kappa shape index (κ2) is 7.14. The molecule has 0 aliphatic rings. The molecule has 0 heterocycles. The molecule has 0 radical (unpaired) electrons. The molecule has 0 aliphatic heterocycles. The molecule has 0 saturated carbocycles. The topological polar surface area (TPSA) is 61.8 Å². The van der Waals surface area contributed by atoms with E-state index in [1.807, 2.05) is 0 Å². The van der Waals surface area contributed by atoms with Gasteiger partial charge in [-0.05, 0) is 41.5 Å². The van der Waals surface area contributed by atoms with Crippen molar-refractivity contribution in [3.63, 3.8) is 0 Å². The second-order valence-corrected chi connectivity index (χ2v) is 6.58. The Labute approximate surface area is 103 Å². The summed E-state index contributed by atoms with van der Waals surface area (Å²) in [6.07, 6.45) is -1.13. The molecule has 0 atom stereocenters. The van der Waals surface area contributed by atoms with Crippen molar-refractivity contribution in [2.45, 2.75) is 59.9 Å². The summed E-state index contributed by atoms with van der Waals surface area (Å²) in [4.78, 5) is 11.5. The van der Waals surface area contributed by atoms with Crippen molar-refractivity contribution in [2.24, 2.45) is 0 Å². The van der Waals surface area contributed by atoms with E-state index in [1.54, 1.807) is 41.5 Å². The number of rotatable bonds is 7. The van der Waals surface area contributed by atoms with Crippen LogP contribution in [0.5, 0.6) is 0 Å². The second-order valence-electron chi connectivity index (χ2n) is 4.62. The monoisotopic (exact) mass is 266 g/mol. The van der Waals surface area contributed by atoms with Crippen LogP contribution in [-0.2, 0) is 23.1 Å². The van der Waals surface area contributed by atoms with Crippen molar-refractivity contribution in [3.8, 4) is 0 Å². The Bertz CT molecular complexity index is 272. The minimum atomic E-state index is -3.42. The summed E-state index contributed by atoms with van der Waals surface area (Å²) in [5.74, 6) is -0.565. The molecule has 0 amide bonds. The predicted octanol–water partition coefficient (Wildman–Crippen LogP) is 2.98. The van der Waals surface area contributed by atoms with Gasteiger partial charge in [0.2, 0.25) is 0 Å². The van der Waals surface area contributed by atoms with Crippen molar-refractivity contribution in [1.82, 2.24) is 0 Å². The third-order valence-corrected chi connectivity index (χ3v) is 3.56. The normalized spacial score (nSPS) is 12.5. The maximum Gasteiger partial charge on any atom is 0.342 e. The van der Waals surface area contributed by atoms with E-state index in [2.05, 4.69) is 0 Å². The van der Waals surface area contributed by atoms with Gasteiger partial charge in [-0.25, -0.2) is 0 Å². The van der Waals surface area contributed by atoms with Crippen LogP contribution < -0.4 is 0 Å². The molecule has 17 heavy (non-hydrogen) atoms. The molecule has 0 rings (SSSR count). The lowest BCUT2D eigenvalue weighted by molar-refractivity contribution is -0.144. The zero-order valence-corrected chi connectivity index (χ0v) is 12.3. The zero-order chi connectivity index (χ0) is 13.6. The Kier molecular flexibility index (Phi) is 6.98. The highest BCUT2D eigenvalue weighted by Crippen LogP contribution is 2.50. The van der Waals surface area contributed by atoms with E-state index in [0.717, 1.165) is 0 Å². The van der Waals surface area contributed by atoms with Gasteiger partial charge < -0.3 is 13.8 Å². The van der Waals surface area contributed by atoms with E-state index in [4.69, 9.17) is 13.8 Å². The van der Waals surface area contributed by atoms with Crippen LogP contribution in [0, 0.1) is 0 Å². The summed E-state index contributed by atoms with van der Waals surface area (Å²) in [5.41, 5.74) is 0. The summed E-state index contributed by atoms with van der Waals surface area (Å²) in [7, 11) is -3.42. The van der Waals surface area contributed by atoms with Crippen molar-refractivity contribution in [3.05, 3.63) is 0 Å². The van der Waals surface area contributed by atoms with Gasteiger partial charge >= 0.3 is 13.6 Å². The molecule has 0 aliphatic carbocycles. The highest BCUT2D eigenvalue weighted by molar-refractivity contribution is 7.54. The molecule has 102 valence electrons. The van der Waals surface area contributed by atoms with Crippen LogP contribution in [0.2, 0.25) is 0 Å². The van der Waals surface area contributed by atoms with Gasteiger partial charge in [-0.1, -0.05) is 0 Å². The van der Waals surface area contributed by atoms with Gasteiger partial charge in [0, 0.05) is 0 Å². The lowest BCUT2D eigenvalue weighted by Gasteiger charge is -2.22. The first-order valence-corrected chi connectivity index (χ1v) is 7.52. The van der Waals surface area contributed by atoms with E-state index in [0.29, 0.717) is 0 Å². The quantitative estimate of drug-likeness (QED) is 0.523. The van der Waals surface area contributed by atoms with Gasteiger partial charge in [0.25, 0.3) is 0 Å². The molecule has 0 bridgehead atoms. The zero-order valence-electron chi connectivity index (χ0n) is 11.4. The lowest BCUT2D eigenvalue weighted by atomic mass is 10.5. The van der Waals surface area contributed by atoms with Gasteiger partial charge in [-0.2, -0.15) is 0 Å². The largest absolute Gasteiger partial charge is 0.462 e. The summed E-state index contributed by atoms with van der Waals surface area (Å²) in [6.45, 7) is 10.4. The van der Waals surface area contributed by atoms with Crippen LogP contribution in [0.4, 0.5) is 0 Å². The smallest absolute Gasteiger partial charge is 0.342 e. The van der Waals surface area contributed by atoms with Crippen molar-refractivity contribution in [1.29, 1.82) is 0 Å². The number of esters is 1. The van der Waals surface area contributed by atoms with Crippen molar-refractivity contribution in [2.75, 3.05) is 6.16 Å². The highest BCUT2D eigenvalue weighted by atomic mass is 31.2. The Morgan fingerprint density at radius 3 is 1.65 bits per heavy atom. The minimum Gasteiger partial charge on any atom is -0.462 e. The van der Waals surface area contributed by atoms with Crippen molar-refractivity contribution < 1.29 is 23.1 Å². The maximum atomic E-state index is 12.3. The van der Waals surface area contributed by atoms with E-state index in [9.17, 15) is 9.36 Å². The third kappa shape index (κ3) is 8.36. The first-order chi connectivity index (χ1) is 7.64. The van der Waals surface area contributed by atoms with Crippen LogP contribution in [0.15, 0.2) is 0 Å². The molecule has 5 nitrogen and oxygen atoms in total. The van der Waals surface area contributed by atoms with Gasteiger partial charge in [0.1, 0.15) is 6.16 Å². The SMILES string of the molecule is CC(C)OC(=O)CP(=O)(OC(C)C)OC(C)C. The molecular formula is C11H23O5P. The lowest BCUT2D eigenvalue weighted by Crippen LogP contribution is -2.19. The van der Waals surface area contributed by atoms with Gasteiger partial charge in [-0.3, -0.25) is 9.36 Å². The van der Waals surface area contributed by atoms with E-state index in [-0.39, 0.29) is 24.5 Å². The van der Waals surface area contributed by atoms with Crippen LogP contribution in [0.3, 0.4) is 0 Å². The average Bonchev–Trinajstić information content (AvgIpc) is 1.95. The fraction of sp³-hybridized carbons (Fsp3) is 0.909. The molecular weight excluding hydrogens is 243 g/mol. The summed E-state index contributed by atoms with van der Waals surface area (Å²) in [6, 6.07) is 0. The van der Waals surface area contributed by atoms with Gasteiger partial charge in [0.15, 0.2) is 0 Å². The Morgan fingerprint density at radius 2 is 1.35 bits per heavy atom. The molecule has 6 heteroatoms. The summed E-state index contributed by atoms with van der Waals surface area (Å²) in [5, 5.41) is 0. The van der Waals surface area contributed by atoms with E-state index < -0.39 is 13.6 Å². The summed E-state index contributed by atoms with van der Waals surface area (Å²) >= 11 is 0. The highest BCUT2D eigenvalue weighted by Gasteiger charge is 2.32. The minimum absolute atomic E-state index is 0.242. The summed E-state index contributed by atoms with van der Waals surface area (Å²) < 4.78 is 27.7. The molecule has 0 saturated heterocycles. The Balaban J connectivity index is 4.58. The number of ether oxygens (including phenoxy) is 1. The molecule has 0 aromatic heterocycles. The molecule has 0 N–H and O–H groups in total. The van der Waals surface area contributed by atoms with E-state index >= 15 is 0 Å². The first kappa shape index (κ1) is 16.6. The molecule has 0 unspecified atom stereocenters. The molecule has 0 aromatic carbocycles. The molecule has 0 aromatic rings. The third-order valence-electron chi connectivity index (χ3n) is 1.43. The van der Waals surface area contributed by atoms with Crippen LogP contribution in [0.25, 0.3) is 0 Å². The number of hydrogen-bond acceptors (Lipinski definition) is 5. The predicted molar refractivity (Wildman–Crippen MR) is 66.1 cm³/mol. The van der Waals surface area contributed by atoms with Crippen LogP contribution >= 0.6 is 7.60 Å². The van der Waals surface area contributed by atoms with Crippen molar-refractivity contribution >= 4 is 13.6 Å². The number of hydrogen-bond donors (Lipinski definition) is 0. The Hall–Kier alpha value is -0.380. The van der Waals surface area contributed by atoms with Crippen LogP contribution in [0.1, 0.15) is 41.5 Å². The fourth-order valence-corrected chi connectivity index (χ4v) is 3.07.